The van der Waals surface area contributed by atoms with Crippen molar-refractivity contribution in [1.82, 2.24) is 19.9 Å². The van der Waals surface area contributed by atoms with Gasteiger partial charge in [-0.1, -0.05) is 20.8 Å². The quantitative estimate of drug-likeness (QED) is 0.425. The first-order valence-corrected chi connectivity index (χ1v) is 15.2. The monoisotopic (exact) mass is 557 g/mol. The molecule has 5 heterocycles. The maximum Gasteiger partial charge on any atom is 0.227 e. The van der Waals surface area contributed by atoms with Crippen molar-refractivity contribution in [2.24, 2.45) is 5.92 Å². The van der Waals surface area contributed by atoms with Gasteiger partial charge in [-0.05, 0) is 42.3 Å². The molecular weight excluding hydrogens is 521 g/mol. The minimum absolute atomic E-state index is 0.0150. The predicted molar refractivity (Wildman–Crippen MR) is 151 cm³/mol. The molecule has 0 aromatic carbocycles. The van der Waals surface area contributed by atoms with Gasteiger partial charge in [0.2, 0.25) is 5.95 Å². The number of aliphatic hydroxyl groups is 1. The zero-order chi connectivity index (χ0) is 27.9. The number of sulfone groups is 1. The summed E-state index contributed by atoms with van der Waals surface area (Å²) >= 11 is 0. The van der Waals surface area contributed by atoms with Gasteiger partial charge in [0.15, 0.2) is 5.67 Å². The van der Waals surface area contributed by atoms with E-state index in [2.05, 4.69) is 39.0 Å². The fourth-order valence-electron chi connectivity index (χ4n) is 5.26. The molecule has 12 heteroatoms. The number of piperidine rings is 1. The van der Waals surface area contributed by atoms with Crippen LogP contribution in [-0.2, 0) is 9.84 Å². The number of nitrogens with zero attached hydrogens (tertiary/aromatic N) is 6. The van der Waals surface area contributed by atoms with Crippen molar-refractivity contribution in [1.29, 1.82) is 0 Å². The summed E-state index contributed by atoms with van der Waals surface area (Å²) in [6, 6.07) is 3.71. The van der Waals surface area contributed by atoms with Crippen LogP contribution in [0.4, 0.5) is 27.8 Å². The molecule has 0 unspecified atom stereocenters. The summed E-state index contributed by atoms with van der Waals surface area (Å²) in [5, 5.41) is 15.1. The van der Waals surface area contributed by atoms with E-state index in [-0.39, 0.29) is 29.9 Å². The number of aromatic nitrogens is 4. The number of nitrogens with one attached hydrogen (secondary N) is 1. The molecule has 2 atom stereocenters. The Morgan fingerprint density at radius 3 is 2.62 bits per heavy atom. The van der Waals surface area contributed by atoms with Crippen molar-refractivity contribution < 1.29 is 17.9 Å². The summed E-state index contributed by atoms with van der Waals surface area (Å²) in [5.74, 6) is 3.05. The average Bonchev–Trinajstić information content (AvgIpc) is 2.87. The van der Waals surface area contributed by atoms with Gasteiger partial charge in [0.1, 0.15) is 27.3 Å². The summed E-state index contributed by atoms with van der Waals surface area (Å²) in [6.45, 7) is 9.09. The highest BCUT2D eigenvalue weighted by Crippen LogP contribution is 2.35. The summed E-state index contributed by atoms with van der Waals surface area (Å²) in [5.41, 5.74) is -0.646. The van der Waals surface area contributed by atoms with Gasteiger partial charge in [-0.3, -0.25) is 0 Å². The zero-order valence-electron chi connectivity index (χ0n) is 22.8. The van der Waals surface area contributed by atoms with Crippen molar-refractivity contribution in [3.63, 3.8) is 0 Å². The van der Waals surface area contributed by atoms with Crippen molar-refractivity contribution in [2.75, 3.05) is 52.8 Å². The van der Waals surface area contributed by atoms with Gasteiger partial charge in [0.05, 0.1) is 18.4 Å². The smallest absolute Gasteiger partial charge is 0.227 e. The van der Waals surface area contributed by atoms with Crippen molar-refractivity contribution in [3.8, 4) is 0 Å². The highest BCUT2D eigenvalue weighted by molar-refractivity contribution is 7.91. The minimum atomic E-state index is -3.01. The number of pyridine rings is 2. The van der Waals surface area contributed by atoms with E-state index in [4.69, 9.17) is 4.98 Å². The zero-order valence-corrected chi connectivity index (χ0v) is 23.6. The van der Waals surface area contributed by atoms with Gasteiger partial charge < -0.3 is 20.2 Å². The van der Waals surface area contributed by atoms with Gasteiger partial charge in [-0.2, -0.15) is 4.98 Å². The molecule has 0 spiro atoms. The van der Waals surface area contributed by atoms with E-state index < -0.39 is 21.6 Å². The maximum absolute atomic E-state index is 14.7. The van der Waals surface area contributed by atoms with E-state index >= 15 is 0 Å². The van der Waals surface area contributed by atoms with Crippen LogP contribution >= 0.6 is 0 Å². The van der Waals surface area contributed by atoms with Crippen LogP contribution in [0.5, 0.6) is 0 Å². The van der Waals surface area contributed by atoms with Crippen LogP contribution in [0.2, 0.25) is 0 Å². The molecule has 5 rings (SSSR count). The number of anilines is 4. The first-order chi connectivity index (χ1) is 18.5. The van der Waals surface area contributed by atoms with E-state index in [1.165, 1.54) is 6.92 Å². The molecule has 0 saturated carbocycles. The SMILES string of the molecule is CCS(=O)(=O)CC1CN(c2ncc(C(C)C)c3cc(Nc4ccnc(N5CC[C@@H](O)[C@@](C)(F)C5)n4)ncc23)C1. The van der Waals surface area contributed by atoms with Crippen LogP contribution in [0.3, 0.4) is 0 Å². The fraction of sp³-hybridized carbons (Fsp3) is 0.556. The second kappa shape index (κ2) is 10.5. The topological polar surface area (TPSA) is 124 Å². The first kappa shape index (κ1) is 27.4. The molecule has 3 aromatic heterocycles. The fourth-order valence-corrected chi connectivity index (χ4v) is 6.42. The average molecular weight is 558 g/mol. The lowest BCUT2D eigenvalue weighted by Crippen LogP contribution is -2.52. The number of rotatable bonds is 8. The van der Waals surface area contributed by atoms with Gasteiger partial charge in [-0.15, -0.1) is 0 Å². The Morgan fingerprint density at radius 2 is 1.92 bits per heavy atom. The number of hydrogen-bond acceptors (Lipinski definition) is 10. The lowest BCUT2D eigenvalue weighted by molar-refractivity contribution is -0.00860. The Bertz CT molecular complexity index is 1460. The molecule has 10 nitrogen and oxygen atoms in total. The molecule has 0 amide bonds. The van der Waals surface area contributed by atoms with E-state index in [0.29, 0.717) is 43.6 Å². The Kier molecular flexibility index (Phi) is 7.36. The molecule has 2 saturated heterocycles. The van der Waals surface area contributed by atoms with Gasteiger partial charge >= 0.3 is 0 Å². The number of fused-ring (bicyclic) bond motifs is 1. The molecule has 0 aliphatic carbocycles. The minimum Gasteiger partial charge on any atom is -0.390 e. The third-order valence-corrected chi connectivity index (χ3v) is 9.50. The Labute approximate surface area is 228 Å². The highest BCUT2D eigenvalue weighted by atomic mass is 32.2. The van der Waals surface area contributed by atoms with E-state index in [9.17, 15) is 17.9 Å². The standard InChI is InChI=1S/C27H36FN7O3S/c1-5-39(37,38)15-18-13-35(14-18)25-21-12-30-24(10-19(21)20(11-31-25)17(2)3)32-23-6-8-29-26(33-23)34-9-7-22(36)27(4,28)16-34/h6,8,10-12,17-18,22,36H,5,7,9,13-16H2,1-4H3,(H,29,30,32,33)/t22-,27+/m1/s1. The molecule has 2 N–H and O–H groups in total. The van der Waals surface area contributed by atoms with Crippen molar-refractivity contribution >= 4 is 44.0 Å². The van der Waals surface area contributed by atoms with Crippen molar-refractivity contribution in [2.45, 2.75) is 51.8 Å². The highest BCUT2D eigenvalue weighted by Gasteiger charge is 2.40. The molecule has 39 heavy (non-hydrogen) atoms. The van der Waals surface area contributed by atoms with Crippen LogP contribution in [0.15, 0.2) is 30.7 Å². The molecule has 2 aliphatic rings. The molecule has 3 aromatic rings. The number of hydrogen-bond donors (Lipinski definition) is 2. The summed E-state index contributed by atoms with van der Waals surface area (Å²) in [6.07, 6.45) is 4.61. The predicted octanol–water partition coefficient (Wildman–Crippen LogP) is 3.46. The molecule has 2 aliphatic heterocycles. The Morgan fingerprint density at radius 1 is 1.15 bits per heavy atom. The maximum atomic E-state index is 14.7. The van der Waals surface area contributed by atoms with E-state index in [1.807, 2.05) is 12.3 Å². The Hall–Kier alpha value is -3.12. The third kappa shape index (κ3) is 5.76. The van der Waals surface area contributed by atoms with Crippen molar-refractivity contribution in [3.05, 3.63) is 36.3 Å². The molecule has 2 fully saturated rings. The Balaban J connectivity index is 1.38. The van der Waals surface area contributed by atoms with E-state index in [0.717, 1.165) is 22.2 Å². The van der Waals surface area contributed by atoms with E-state index in [1.54, 1.807) is 30.3 Å². The van der Waals surface area contributed by atoms with Crippen LogP contribution in [0, 0.1) is 5.92 Å². The summed E-state index contributed by atoms with van der Waals surface area (Å²) in [4.78, 5) is 22.1. The largest absolute Gasteiger partial charge is 0.390 e. The normalized spacial score (nSPS) is 22.4. The van der Waals surface area contributed by atoms with Gasteiger partial charge in [0.25, 0.3) is 0 Å². The lowest BCUT2D eigenvalue weighted by atomic mass is 9.94. The second-order valence-corrected chi connectivity index (χ2v) is 13.5. The number of aliphatic hydroxyl groups excluding tert-OH is 1. The molecule has 0 bridgehead atoms. The lowest BCUT2D eigenvalue weighted by Gasteiger charge is -2.40. The molecule has 210 valence electrons. The molecular formula is C27H36FN7O3S. The van der Waals surface area contributed by atoms with Crippen LogP contribution in [0.25, 0.3) is 10.8 Å². The van der Waals surface area contributed by atoms with Crippen LogP contribution in [-0.4, -0.2) is 82.9 Å². The second-order valence-electron chi connectivity index (χ2n) is 11.1. The van der Waals surface area contributed by atoms with Crippen LogP contribution < -0.4 is 15.1 Å². The van der Waals surface area contributed by atoms with Crippen LogP contribution in [0.1, 0.15) is 45.6 Å². The first-order valence-electron chi connectivity index (χ1n) is 13.4. The number of alkyl halides is 1. The number of halogens is 1. The van der Waals surface area contributed by atoms with Gasteiger partial charge in [-0.25, -0.2) is 27.8 Å². The summed E-state index contributed by atoms with van der Waals surface area (Å²) < 4.78 is 38.8. The molecule has 0 radical (unpaired) electrons. The third-order valence-electron chi connectivity index (χ3n) is 7.64. The summed E-state index contributed by atoms with van der Waals surface area (Å²) in [7, 11) is -3.01. The van der Waals surface area contributed by atoms with Gasteiger partial charge in [0, 0.05) is 55.3 Å².